The Bertz CT molecular complexity index is 785. The molecule has 2 atom stereocenters. The van der Waals surface area contributed by atoms with Gasteiger partial charge in [-0.15, -0.1) is 0 Å². The van der Waals surface area contributed by atoms with Gasteiger partial charge in [0.05, 0.1) is 22.9 Å². The number of carbonyl (C=O) groups excluding carboxylic acids is 1. The highest BCUT2D eigenvalue weighted by atomic mass is 32.2. The number of nitrogens with one attached hydrogen (secondary N) is 1. The number of hydrogen-bond acceptors (Lipinski definition) is 6. The molecule has 9 nitrogen and oxygen atoms in total. The molecule has 0 bridgehead atoms. The standard InChI is InChI=1S/C16H23N3O6S/c1-11-8-14(4-5-15(11)19(21)22)16(20)17-6-7-26(23,24)18-9-12(2)25-13(3)10-18/h4-5,8,12-13H,6-7,9-10H2,1-3H3,(H,17,20). The van der Waals surface area contributed by atoms with Gasteiger partial charge in [0.25, 0.3) is 11.6 Å². The molecular formula is C16H23N3O6S. The minimum absolute atomic E-state index is 0.0443. The van der Waals surface area contributed by atoms with Crippen LogP contribution in [0, 0.1) is 17.0 Å². The molecule has 1 amide bonds. The molecule has 0 saturated carbocycles. The van der Waals surface area contributed by atoms with E-state index in [1.54, 1.807) is 6.92 Å². The summed E-state index contributed by atoms with van der Waals surface area (Å²) >= 11 is 0. The number of hydrogen-bond donors (Lipinski definition) is 1. The highest BCUT2D eigenvalue weighted by Gasteiger charge is 2.30. The Balaban J connectivity index is 1.93. The third-order valence-electron chi connectivity index (χ3n) is 4.08. The number of nitrogens with zero attached hydrogens (tertiary/aromatic N) is 2. The summed E-state index contributed by atoms with van der Waals surface area (Å²) in [6.07, 6.45) is -0.350. The number of amides is 1. The molecule has 1 fully saturated rings. The summed E-state index contributed by atoms with van der Waals surface area (Å²) in [5.41, 5.74) is 0.547. The van der Waals surface area contributed by atoms with Crippen molar-refractivity contribution in [1.29, 1.82) is 0 Å². The second-order valence-corrected chi connectivity index (χ2v) is 8.49. The molecule has 0 radical (unpaired) electrons. The van der Waals surface area contributed by atoms with E-state index >= 15 is 0 Å². The number of aryl methyl sites for hydroxylation is 1. The Hall–Kier alpha value is -2.04. The van der Waals surface area contributed by atoms with Crippen LogP contribution >= 0.6 is 0 Å². The first-order chi connectivity index (χ1) is 12.1. The average molecular weight is 385 g/mol. The number of sulfonamides is 1. The van der Waals surface area contributed by atoms with E-state index in [0.717, 1.165) is 0 Å². The predicted molar refractivity (Wildman–Crippen MR) is 95.5 cm³/mol. The van der Waals surface area contributed by atoms with E-state index in [1.165, 1.54) is 22.5 Å². The van der Waals surface area contributed by atoms with Crippen molar-refractivity contribution in [3.63, 3.8) is 0 Å². The first kappa shape index (κ1) is 20.3. The molecule has 26 heavy (non-hydrogen) atoms. The number of morpholine rings is 1. The molecule has 1 N–H and O–H groups in total. The van der Waals surface area contributed by atoms with Crippen LogP contribution in [0.1, 0.15) is 29.8 Å². The maximum absolute atomic E-state index is 12.4. The van der Waals surface area contributed by atoms with E-state index in [9.17, 15) is 23.3 Å². The molecule has 2 unspecified atom stereocenters. The van der Waals surface area contributed by atoms with Crippen molar-refractivity contribution in [2.75, 3.05) is 25.4 Å². The van der Waals surface area contributed by atoms with Crippen LogP contribution in [0.5, 0.6) is 0 Å². The van der Waals surface area contributed by atoms with Crippen molar-refractivity contribution < 1.29 is 22.9 Å². The number of nitro benzene ring substituents is 1. The number of carbonyl (C=O) groups is 1. The molecule has 144 valence electrons. The fourth-order valence-corrected chi connectivity index (χ4v) is 4.38. The van der Waals surface area contributed by atoms with E-state index < -0.39 is 20.9 Å². The summed E-state index contributed by atoms with van der Waals surface area (Å²) in [5.74, 6) is -0.689. The zero-order chi connectivity index (χ0) is 19.5. The highest BCUT2D eigenvalue weighted by molar-refractivity contribution is 7.89. The molecule has 1 aliphatic heterocycles. The lowest BCUT2D eigenvalue weighted by Gasteiger charge is -2.34. The molecule has 1 heterocycles. The largest absolute Gasteiger partial charge is 0.373 e. The molecule has 0 aliphatic carbocycles. The normalized spacial score (nSPS) is 21.3. The van der Waals surface area contributed by atoms with Crippen molar-refractivity contribution in [3.8, 4) is 0 Å². The van der Waals surface area contributed by atoms with Gasteiger partial charge in [-0.3, -0.25) is 14.9 Å². The van der Waals surface area contributed by atoms with E-state index in [0.29, 0.717) is 18.7 Å². The average Bonchev–Trinajstić information content (AvgIpc) is 2.53. The lowest BCUT2D eigenvalue weighted by atomic mass is 10.1. The van der Waals surface area contributed by atoms with Crippen LogP contribution in [-0.2, 0) is 14.8 Å². The maximum Gasteiger partial charge on any atom is 0.272 e. The van der Waals surface area contributed by atoms with Gasteiger partial charge in [0, 0.05) is 36.8 Å². The molecule has 10 heteroatoms. The Kier molecular flexibility index (Phi) is 6.32. The summed E-state index contributed by atoms with van der Waals surface area (Å²) < 4.78 is 31.7. The summed E-state index contributed by atoms with van der Waals surface area (Å²) in [5, 5.41) is 13.4. The van der Waals surface area contributed by atoms with Crippen LogP contribution in [0.2, 0.25) is 0 Å². The molecule has 0 aromatic heterocycles. The van der Waals surface area contributed by atoms with Gasteiger partial charge in [0.2, 0.25) is 10.0 Å². The summed E-state index contributed by atoms with van der Waals surface area (Å²) in [7, 11) is -3.50. The van der Waals surface area contributed by atoms with Crippen molar-refractivity contribution in [3.05, 3.63) is 39.4 Å². The predicted octanol–water partition coefficient (Wildman–Crippen LogP) is 1.07. The Morgan fingerprint density at radius 2 is 1.96 bits per heavy atom. The topological polar surface area (TPSA) is 119 Å². The molecule has 1 aromatic rings. The van der Waals surface area contributed by atoms with Gasteiger partial charge in [0.15, 0.2) is 0 Å². The molecule has 2 rings (SSSR count). The van der Waals surface area contributed by atoms with Crippen LogP contribution in [-0.4, -0.2) is 61.1 Å². The van der Waals surface area contributed by atoms with Gasteiger partial charge in [-0.2, -0.15) is 4.31 Å². The molecule has 0 spiro atoms. The zero-order valence-corrected chi connectivity index (χ0v) is 15.8. The third kappa shape index (κ3) is 4.99. The Morgan fingerprint density at radius 3 is 2.50 bits per heavy atom. The number of ether oxygens (including phenoxy) is 1. The van der Waals surface area contributed by atoms with Crippen molar-refractivity contribution in [1.82, 2.24) is 9.62 Å². The minimum Gasteiger partial charge on any atom is -0.373 e. The summed E-state index contributed by atoms with van der Waals surface area (Å²) in [4.78, 5) is 22.4. The Morgan fingerprint density at radius 1 is 1.35 bits per heavy atom. The van der Waals surface area contributed by atoms with Crippen molar-refractivity contribution in [2.45, 2.75) is 33.0 Å². The monoisotopic (exact) mass is 385 g/mol. The van der Waals surface area contributed by atoms with E-state index in [4.69, 9.17) is 4.74 Å². The molecule has 1 aromatic carbocycles. The highest BCUT2D eigenvalue weighted by Crippen LogP contribution is 2.19. The fraction of sp³-hybridized carbons (Fsp3) is 0.562. The molecular weight excluding hydrogens is 362 g/mol. The molecule has 1 aliphatic rings. The van der Waals surface area contributed by atoms with Gasteiger partial charge < -0.3 is 10.1 Å². The van der Waals surface area contributed by atoms with E-state index in [1.807, 2.05) is 13.8 Å². The SMILES string of the molecule is Cc1cc(C(=O)NCCS(=O)(=O)N2CC(C)OC(C)C2)ccc1[N+](=O)[O-]. The van der Waals surface area contributed by atoms with Crippen LogP contribution in [0.15, 0.2) is 18.2 Å². The van der Waals surface area contributed by atoms with Gasteiger partial charge in [0.1, 0.15) is 0 Å². The van der Waals surface area contributed by atoms with Crippen LogP contribution in [0.25, 0.3) is 0 Å². The fourth-order valence-electron chi connectivity index (χ4n) is 2.88. The number of nitro groups is 1. The van der Waals surface area contributed by atoms with Crippen molar-refractivity contribution >= 4 is 21.6 Å². The first-order valence-electron chi connectivity index (χ1n) is 8.26. The van der Waals surface area contributed by atoms with Crippen LogP contribution in [0.3, 0.4) is 0 Å². The quantitative estimate of drug-likeness (QED) is 0.578. The smallest absolute Gasteiger partial charge is 0.272 e. The summed E-state index contributed by atoms with van der Waals surface area (Å²) in [6, 6.07) is 4.02. The number of rotatable bonds is 6. The first-order valence-corrected chi connectivity index (χ1v) is 9.87. The van der Waals surface area contributed by atoms with Gasteiger partial charge in [-0.25, -0.2) is 8.42 Å². The van der Waals surface area contributed by atoms with Gasteiger partial charge in [-0.1, -0.05) is 0 Å². The van der Waals surface area contributed by atoms with Gasteiger partial charge >= 0.3 is 0 Å². The Labute approximate surface area is 152 Å². The zero-order valence-electron chi connectivity index (χ0n) is 15.0. The maximum atomic E-state index is 12.4. The minimum atomic E-state index is -3.50. The second-order valence-electron chi connectivity index (χ2n) is 6.40. The van der Waals surface area contributed by atoms with Crippen LogP contribution < -0.4 is 5.32 Å². The number of benzene rings is 1. The van der Waals surface area contributed by atoms with E-state index in [2.05, 4.69) is 5.32 Å². The summed E-state index contributed by atoms with van der Waals surface area (Å²) in [6.45, 7) is 5.72. The lowest BCUT2D eigenvalue weighted by Crippen LogP contribution is -2.49. The molecule has 1 saturated heterocycles. The third-order valence-corrected chi connectivity index (χ3v) is 5.89. The van der Waals surface area contributed by atoms with Gasteiger partial charge in [-0.05, 0) is 32.9 Å². The second kappa shape index (κ2) is 8.11. The van der Waals surface area contributed by atoms with E-state index in [-0.39, 0.29) is 35.8 Å². The van der Waals surface area contributed by atoms with Crippen LogP contribution in [0.4, 0.5) is 5.69 Å². The van der Waals surface area contributed by atoms with Crippen molar-refractivity contribution in [2.24, 2.45) is 0 Å². The lowest BCUT2D eigenvalue weighted by molar-refractivity contribution is -0.385.